The van der Waals surface area contributed by atoms with Gasteiger partial charge in [-0.25, -0.2) is 37.5 Å². The summed E-state index contributed by atoms with van der Waals surface area (Å²) in [5, 5.41) is 0. The number of benzene rings is 2. The number of likely N-dealkylation sites (tertiary alicyclic amines) is 4. The van der Waals surface area contributed by atoms with Crippen LogP contribution in [0.1, 0.15) is 115 Å². The van der Waals surface area contributed by atoms with Gasteiger partial charge in [0.25, 0.3) is 5.91 Å². The maximum atomic E-state index is 13.5. The molecule has 4 aromatic rings. The Hall–Kier alpha value is -4.33. The number of nitrogens with zero attached hydrogens (tertiary/aromatic N) is 8. The molecular formula is C46H58F4N8O. The van der Waals surface area contributed by atoms with Gasteiger partial charge in [0.15, 0.2) is 0 Å². The first kappa shape index (κ1) is 42.8. The standard InChI is InChI=1S/C23H28F2N4O.C23H30F2N4/c24-19-13-18(14-20(25)15-19)23(30)29-12-3-5-17(16-29)21-7-8-26-22(27-21)6-4-11-28-9-1-2-10-28;24-20-13-18(14-21(25)15-20)16-29-12-3-5-19(17-29)22-7-8-26-23(27-22)6-4-11-28-9-1-2-10-28/h7-8,13-15,17H,1-6,9-12,16H2;7-8,13-15,19H,1-6,9-12,16-17H2. The van der Waals surface area contributed by atoms with Crippen LogP contribution in [0.25, 0.3) is 0 Å². The van der Waals surface area contributed by atoms with E-state index >= 15 is 0 Å². The van der Waals surface area contributed by atoms with Crippen LogP contribution in [0.3, 0.4) is 0 Å². The lowest BCUT2D eigenvalue weighted by Gasteiger charge is -2.32. The monoisotopic (exact) mass is 814 g/mol. The zero-order valence-corrected chi connectivity index (χ0v) is 34.2. The Morgan fingerprint density at radius 2 is 1.05 bits per heavy atom. The van der Waals surface area contributed by atoms with Crippen molar-refractivity contribution in [3.05, 3.63) is 118 Å². The molecule has 0 bridgehead atoms. The number of hydrogen-bond acceptors (Lipinski definition) is 8. The van der Waals surface area contributed by atoms with Crippen molar-refractivity contribution < 1.29 is 22.4 Å². The van der Waals surface area contributed by atoms with Crippen molar-refractivity contribution in [2.45, 2.75) is 95.4 Å². The Bertz CT molecular complexity index is 1930. The van der Waals surface area contributed by atoms with Gasteiger partial charge < -0.3 is 14.7 Å². The molecule has 4 fully saturated rings. The third-order valence-corrected chi connectivity index (χ3v) is 12.1. The van der Waals surface area contributed by atoms with Crippen LogP contribution in [0.15, 0.2) is 60.9 Å². The maximum Gasteiger partial charge on any atom is 0.254 e. The lowest BCUT2D eigenvalue weighted by molar-refractivity contribution is 0.0704. The van der Waals surface area contributed by atoms with Crippen LogP contribution in [-0.4, -0.2) is 111 Å². The number of carbonyl (C=O) groups excluding carboxylic acids is 1. The topological polar surface area (TPSA) is 81.6 Å². The first-order valence-corrected chi connectivity index (χ1v) is 21.7. The first-order valence-electron chi connectivity index (χ1n) is 21.7. The molecule has 0 aliphatic carbocycles. The minimum Gasteiger partial charge on any atom is -0.338 e. The second kappa shape index (κ2) is 21.3. The van der Waals surface area contributed by atoms with Crippen LogP contribution in [-0.2, 0) is 19.4 Å². The van der Waals surface area contributed by atoms with Crippen molar-refractivity contribution in [2.75, 3.05) is 65.4 Å². The Morgan fingerprint density at radius 1 is 0.576 bits per heavy atom. The molecule has 8 rings (SSSR count). The average molecular weight is 815 g/mol. The molecular weight excluding hydrogens is 757 g/mol. The summed E-state index contributed by atoms with van der Waals surface area (Å²) in [4.78, 5) is 40.3. The predicted octanol–water partition coefficient (Wildman–Crippen LogP) is 7.97. The van der Waals surface area contributed by atoms with Gasteiger partial charge in [-0.1, -0.05) is 0 Å². The molecule has 4 aliphatic rings. The highest BCUT2D eigenvalue weighted by Crippen LogP contribution is 2.28. The SMILES string of the molecule is Fc1cc(F)cc(CN2CCCC(c3ccnc(CCCN4CCCC4)n3)C2)c1.O=C(c1cc(F)cc(F)c1)N1CCCC(c2ccnc(CCCN3CCCC3)n2)C1. The highest BCUT2D eigenvalue weighted by atomic mass is 19.1. The van der Waals surface area contributed by atoms with E-state index in [0.29, 0.717) is 31.1 Å². The van der Waals surface area contributed by atoms with Gasteiger partial charge in [-0.3, -0.25) is 9.69 Å². The van der Waals surface area contributed by atoms with Gasteiger partial charge in [-0.05, 0) is 152 Å². The van der Waals surface area contributed by atoms with Gasteiger partial charge in [-0.15, -0.1) is 0 Å². The second-order valence-electron chi connectivity index (χ2n) is 16.7. The summed E-state index contributed by atoms with van der Waals surface area (Å²) in [5.74, 6) is -0.580. The summed E-state index contributed by atoms with van der Waals surface area (Å²) >= 11 is 0. The van der Waals surface area contributed by atoms with Crippen LogP contribution in [0.2, 0.25) is 0 Å². The summed E-state index contributed by atoms with van der Waals surface area (Å²) in [7, 11) is 0. The van der Waals surface area contributed by atoms with Crippen molar-refractivity contribution in [1.29, 1.82) is 0 Å². The molecule has 9 nitrogen and oxygen atoms in total. The molecule has 2 atom stereocenters. The van der Waals surface area contributed by atoms with E-state index in [4.69, 9.17) is 9.97 Å². The average Bonchev–Trinajstić information content (AvgIpc) is 3.96. The minimum absolute atomic E-state index is 0.0541. The Labute approximate surface area is 346 Å². The summed E-state index contributed by atoms with van der Waals surface area (Å²) in [6.07, 6.45) is 16.8. The second-order valence-corrected chi connectivity index (χ2v) is 16.7. The fourth-order valence-electron chi connectivity index (χ4n) is 9.12. The van der Waals surface area contributed by atoms with Gasteiger partial charge in [-0.2, -0.15) is 0 Å². The fourth-order valence-corrected chi connectivity index (χ4v) is 9.12. The van der Waals surface area contributed by atoms with Crippen LogP contribution in [0.4, 0.5) is 17.6 Å². The van der Waals surface area contributed by atoms with Gasteiger partial charge >= 0.3 is 0 Å². The molecule has 1 amide bonds. The Kier molecular flexibility index (Phi) is 15.4. The molecule has 0 spiro atoms. The molecule has 13 heteroatoms. The number of carbonyl (C=O) groups is 1. The zero-order chi connectivity index (χ0) is 41.0. The van der Waals surface area contributed by atoms with Crippen molar-refractivity contribution in [2.24, 2.45) is 0 Å². The van der Waals surface area contributed by atoms with Crippen molar-refractivity contribution in [3.63, 3.8) is 0 Å². The summed E-state index contributed by atoms with van der Waals surface area (Å²) in [6, 6.07) is 10.7. The molecule has 0 radical (unpaired) electrons. The van der Waals surface area contributed by atoms with Gasteiger partial charge in [0.2, 0.25) is 0 Å². The van der Waals surface area contributed by atoms with Crippen molar-refractivity contribution in [3.8, 4) is 0 Å². The smallest absolute Gasteiger partial charge is 0.254 e. The van der Waals surface area contributed by atoms with E-state index in [1.807, 2.05) is 18.3 Å². The van der Waals surface area contributed by atoms with Crippen LogP contribution >= 0.6 is 0 Å². The lowest BCUT2D eigenvalue weighted by Crippen LogP contribution is -2.39. The fraction of sp³-hybridized carbons (Fsp3) is 0.543. The van der Waals surface area contributed by atoms with Crippen LogP contribution < -0.4 is 0 Å². The first-order chi connectivity index (χ1) is 28.7. The van der Waals surface area contributed by atoms with Gasteiger partial charge in [0, 0.05) is 92.3 Å². The number of aromatic nitrogens is 4. The van der Waals surface area contributed by atoms with Crippen molar-refractivity contribution in [1.82, 2.24) is 39.5 Å². The van der Waals surface area contributed by atoms with E-state index < -0.39 is 23.3 Å². The van der Waals surface area contributed by atoms with E-state index in [1.165, 1.54) is 64.0 Å². The third-order valence-electron chi connectivity index (χ3n) is 12.1. The largest absolute Gasteiger partial charge is 0.338 e. The molecule has 59 heavy (non-hydrogen) atoms. The number of hydrogen-bond donors (Lipinski definition) is 0. The summed E-state index contributed by atoms with van der Waals surface area (Å²) < 4.78 is 54.0. The molecule has 6 heterocycles. The number of piperidine rings is 2. The summed E-state index contributed by atoms with van der Waals surface area (Å²) in [5.41, 5.74) is 2.79. The predicted molar refractivity (Wildman–Crippen MR) is 220 cm³/mol. The minimum atomic E-state index is -0.735. The molecule has 316 valence electrons. The maximum absolute atomic E-state index is 13.5. The highest BCUT2D eigenvalue weighted by Gasteiger charge is 2.28. The van der Waals surface area contributed by atoms with E-state index in [1.54, 1.807) is 11.1 Å². The molecule has 4 saturated heterocycles. The van der Waals surface area contributed by atoms with Gasteiger partial charge in [0.05, 0.1) is 0 Å². The summed E-state index contributed by atoms with van der Waals surface area (Å²) in [6.45, 7) is 10.5. The highest BCUT2D eigenvalue weighted by molar-refractivity contribution is 5.94. The third kappa shape index (κ3) is 12.8. The Morgan fingerprint density at radius 3 is 1.59 bits per heavy atom. The van der Waals surface area contributed by atoms with Gasteiger partial charge in [0.1, 0.15) is 34.9 Å². The molecule has 2 aromatic carbocycles. The quantitative estimate of drug-likeness (QED) is 0.126. The molecule has 2 unspecified atom stereocenters. The number of aryl methyl sites for hydroxylation is 2. The van der Waals surface area contributed by atoms with E-state index in [2.05, 4.69) is 24.7 Å². The molecule has 0 saturated carbocycles. The van der Waals surface area contributed by atoms with Crippen LogP contribution in [0.5, 0.6) is 0 Å². The lowest BCUT2D eigenvalue weighted by atomic mass is 9.94. The van der Waals surface area contributed by atoms with E-state index in [-0.39, 0.29) is 17.4 Å². The number of rotatable bonds is 13. The molecule has 0 N–H and O–H groups in total. The van der Waals surface area contributed by atoms with E-state index in [9.17, 15) is 22.4 Å². The molecule has 4 aliphatic heterocycles. The Balaban J connectivity index is 0.000000179. The zero-order valence-electron chi connectivity index (χ0n) is 34.2. The van der Waals surface area contributed by atoms with Crippen molar-refractivity contribution >= 4 is 5.91 Å². The number of amides is 1. The van der Waals surface area contributed by atoms with E-state index in [0.717, 1.165) is 125 Å². The normalized spacial score (nSPS) is 20.4. The number of halogens is 4. The van der Waals surface area contributed by atoms with Crippen LogP contribution in [0, 0.1) is 23.3 Å². The molecule has 2 aromatic heterocycles.